The molecule has 0 saturated heterocycles. The van der Waals surface area contributed by atoms with Crippen molar-refractivity contribution in [2.45, 2.75) is 53.0 Å². The average Bonchev–Trinajstić information content (AvgIpc) is 2.68. The third-order valence-electron chi connectivity index (χ3n) is 4.70. The molecule has 1 fully saturated rings. The van der Waals surface area contributed by atoms with Crippen molar-refractivity contribution in [3.63, 3.8) is 0 Å². The maximum atomic E-state index is 11.8. The van der Waals surface area contributed by atoms with Gasteiger partial charge in [0.1, 0.15) is 0 Å². The molecule has 0 bridgehead atoms. The Morgan fingerprint density at radius 2 is 2.05 bits per heavy atom. The number of nitrogens with zero attached hydrogens (tertiary/aromatic N) is 1. The second kappa shape index (κ2) is 6.13. The Balaban J connectivity index is 2.20. The zero-order valence-electron chi connectivity index (χ0n) is 12.2. The van der Waals surface area contributed by atoms with Gasteiger partial charge in [-0.05, 0) is 38.2 Å². The van der Waals surface area contributed by atoms with Gasteiger partial charge in [-0.2, -0.15) is 0 Å². The highest BCUT2D eigenvalue weighted by atomic mass is 35.5. The van der Waals surface area contributed by atoms with Gasteiger partial charge < -0.3 is 4.57 Å². The summed E-state index contributed by atoms with van der Waals surface area (Å²) in [6, 6.07) is 1.99. The van der Waals surface area contributed by atoms with Crippen LogP contribution in [0.25, 0.3) is 0 Å². The second-order valence-electron chi connectivity index (χ2n) is 5.97. The zero-order chi connectivity index (χ0) is 14.0. The topological polar surface area (TPSA) is 22.0 Å². The van der Waals surface area contributed by atoms with Crippen LogP contribution in [0.1, 0.15) is 54.4 Å². The Labute approximate surface area is 121 Å². The minimum Gasteiger partial charge on any atom is -0.348 e. The van der Waals surface area contributed by atoms with Gasteiger partial charge in [0.2, 0.25) is 0 Å². The third-order valence-corrected chi connectivity index (χ3v) is 4.94. The summed E-state index contributed by atoms with van der Waals surface area (Å²) in [7, 11) is 0. The summed E-state index contributed by atoms with van der Waals surface area (Å²) in [6.45, 7) is 7.54. The molecule has 19 heavy (non-hydrogen) atoms. The van der Waals surface area contributed by atoms with Crippen molar-refractivity contribution >= 4 is 17.4 Å². The van der Waals surface area contributed by atoms with Crippen molar-refractivity contribution in [1.82, 2.24) is 4.57 Å². The SMILES string of the molecule is Cc1cc(C(=O)CCl)c(C)n1CC1CCCCC1C. The monoisotopic (exact) mass is 281 g/mol. The molecule has 0 radical (unpaired) electrons. The van der Waals surface area contributed by atoms with Gasteiger partial charge >= 0.3 is 0 Å². The Morgan fingerprint density at radius 3 is 2.68 bits per heavy atom. The lowest BCUT2D eigenvalue weighted by Gasteiger charge is -2.30. The standard InChI is InChI=1S/C16H24ClNO/c1-11-6-4-5-7-14(11)10-18-12(2)8-15(13(18)3)16(19)9-17/h8,11,14H,4-7,9-10H2,1-3H3. The van der Waals surface area contributed by atoms with Gasteiger partial charge in [-0.1, -0.05) is 26.2 Å². The lowest BCUT2D eigenvalue weighted by molar-refractivity contribution is 0.102. The zero-order valence-corrected chi connectivity index (χ0v) is 13.0. The van der Waals surface area contributed by atoms with E-state index in [0.29, 0.717) is 0 Å². The van der Waals surface area contributed by atoms with E-state index in [-0.39, 0.29) is 11.7 Å². The fraction of sp³-hybridized carbons (Fsp3) is 0.688. The number of halogens is 1. The van der Waals surface area contributed by atoms with Gasteiger partial charge in [0.05, 0.1) is 5.88 Å². The van der Waals surface area contributed by atoms with Crippen molar-refractivity contribution in [1.29, 1.82) is 0 Å². The van der Waals surface area contributed by atoms with E-state index >= 15 is 0 Å². The van der Waals surface area contributed by atoms with Gasteiger partial charge in [0.25, 0.3) is 0 Å². The van der Waals surface area contributed by atoms with Crippen LogP contribution in [0.2, 0.25) is 0 Å². The molecule has 2 rings (SSSR count). The van der Waals surface area contributed by atoms with E-state index in [9.17, 15) is 4.79 Å². The number of rotatable bonds is 4. The van der Waals surface area contributed by atoms with Crippen LogP contribution in [-0.2, 0) is 6.54 Å². The first-order valence-electron chi connectivity index (χ1n) is 7.30. The number of carbonyl (C=O) groups is 1. The molecule has 2 nitrogen and oxygen atoms in total. The van der Waals surface area contributed by atoms with Crippen LogP contribution in [0.5, 0.6) is 0 Å². The van der Waals surface area contributed by atoms with Crippen LogP contribution in [0.15, 0.2) is 6.07 Å². The summed E-state index contributed by atoms with van der Waals surface area (Å²) in [4.78, 5) is 11.8. The van der Waals surface area contributed by atoms with Crippen LogP contribution >= 0.6 is 11.6 Å². The van der Waals surface area contributed by atoms with Crippen molar-refractivity contribution in [3.05, 3.63) is 23.0 Å². The van der Waals surface area contributed by atoms with E-state index in [1.54, 1.807) is 0 Å². The molecule has 3 heteroatoms. The van der Waals surface area contributed by atoms with E-state index in [0.717, 1.165) is 29.6 Å². The molecule has 1 aliphatic rings. The lowest BCUT2D eigenvalue weighted by Crippen LogP contribution is -2.23. The molecule has 0 N–H and O–H groups in total. The molecule has 2 unspecified atom stereocenters. The minimum absolute atomic E-state index is 0.0395. The fourth-order valence-corrected chi connectivity index (χ4v) is 3.48. The first-order chi connectivity index (χ1) is 9.04. The second-order valence-corrected chi connectivity index (χ2v) is 6.24. The Morgan fingerprint density at radius 1 is 1.37 bits per heavy atom. The number of aryl methyl sites for hydroxylation is 1. The van der Waals surface area contributed by atoms with E-state index in [2.05, 4.69) is 18.4 Å². The van der Waals surface area contributed by atoms with Gasteiger partial charge in [-0.3, -0.25) is 4.79 Å². The molecule has 0 aromatic carbocycles. The lowest BCUT2D eigenvalue weighted by atomic mass is 9.80. The summed E-state index contributed by atoms with van der Waals surface area (Å²) >= 11 is 5.68. The minimum atomic E-state index is 0.0395. The number of Topliss-reactive ketones (excluding diaryl/α,β-unsaturated/α-hetero) is 1. The molecule has 2 atom stereocenters. The van der Waals surface area contributed by atoms with Crippen molar-refractivity contribution in [2.24, 2.45) is 11.8 Å². The van der Waals surface area contributed by atoms with Crippen molar-refractivity contribution < 1.29 is 4.79 Å². The molecule has 1 aromatic rings. The Bertz CT molecular complexity index is 464. The maximum Gasteiger partial charge on any atom is 0.179 e. The number of carbonyl (C=O) groups excluding carboxylic acids is 1. The summed E-state index contributed by atoms with van der Waals surface area (Å²) in [5.74, 6) is 1.65. The van der Waals surface area contributed by atoms with E-state index in [1.807, 2.05) is 13.0 Å². The average molecular weight is 282 g/mol. The van der Waals surface area contributed by atoms with Gasteiger partial charge in [-0.25, -0.2) is 0 Å². The van der Waals surface area contributed by atoms with Crippen molar-refractivity contribution in [3.8, 4) is 0 Å². The highest BCUT2D eigenvalue weighted by Crippen LogP contribution is 2.32. The molecule has 1 heterocycles. The molecule has 1 aromatic heterocycles. The number of hydrogen-bond donors (Lipinski definition) is 0. The molecular weight excluding hydrogens is 258 g/mol. The Hall–Kier alpha value is -0.760. The van der Waals surface area contributed by atoms with E-state index in [1.165, 1.54) is 31.4 Å². The van der Waals surface area contributed by atoms with Crippen molar-refractivity contribution in [2.75, 3.05) is 5.88 Å². The molecular formula is C16H24ClNO. The smallest absolute Gasteiger partial charge is 0.179 e. The number of aromatic nitrogens is 1. The van der Waals surface area contributed by atoms with E-state index < -0.39 is 0 Å². The van der Waals surface area contributed by atoms with Crippen LogP contribution in [0.3, 0.4) is 0 Å². The number of alkyl halides is 1. The largest absolute Gasteiger partial charge is 0.348 e. The number of hydrogen-bond acceptors (Lipinski definition) is 1. The van der Waals surface area contributed by atoms with Gasteiger partial charge in [0, 0.05) is 23.5 Å². The molecule has 0 aliphatic heterocycles. The van der Waals surface area contributed by atoms with Gasteiger partial charge in [0.15, 0.2) is 5.78 Å². The Kier molecular flexibility index (Phi) is 4.72. The normalized spacial score (nSPS) is 23.6. The molecule has 0 amide bonds. The summed E-state index contributed by atoms with van der Waals surface area (Å²) in [5.41, 5.74) is 3.07. The molecule has 1 saturated carbocycles. The predicted octanol–water partition coefficient (Wildman–Crippen LogP) is 4.35. The summed E-state index contributed by atoms with van der Waals surface area (Å²) in [5, 5.41) is 0. The summed E-state index contributed by atoms with van der Waals surface area (Å²) < 4.78 is 2.31. The van der Waals surface area contributed by atoms with E-state index in [4.69, 9.17) is 11.6 Å². The summed E-state index contributed by atoms with van der Waals surface area (Å²) in [6.07, 6.45) is 5.38. The molecule has 106 valence electrons. The molecule has 0 spiro atoms. The van der Waals surface area contributed by atoms with Gasteiger partial charge in [-0.15, -0.1) is 11.6 Å². The van der Waals surface area contributed by atoms with Crippen LogP contribution in [0, 0.1) is 25.7 Å². The highest BCUT2D eigenvalue weighted by Gasteiger charge is 2.23. The van der Waals surface area contributed by atoms with Crippen LogP contribution in [0.4, 0.5) is 0 Å². The predicted molar refractivity (Wildman–Crippen MR) is 80.1 cm³/mol. The quantitative estimate of drug-likeness (QED) is 0.594. The van der Waals surface area contributed by atoms with Crippen LogP contribution in [-0.4, -0.2) is 16.2 Å². The highest BCUT2D eigenvalue weighted by molar-refractivity contribution is 6.30. The maximum absolute atomic E-state index is 11.8. The first kappa shape index (κ1) is 14.6. The van der Waals surface area contributed by atoms with Crippen LogP contribution < -0.4 is 0 Å². The third kappa shape index (κ3) is 3.05. The fourth-order valence-electron chi connectivity index (χ4n) is 3.34. The molecule has 1 aliphatic carbocycles. The number of ketones is 1. The first-order valence-corrected chi connectivity index (χ1v) is 7.84.